The fourth-order valence-electron chi connectivity index (χ4n) is 2.63. The zero-order valence-electron chi connectivity index (χ0n) is 12.8. The van der Waals surface area contributed by atoms with Gasteiger partial charge in [-0.25, -0.2) is 17.5 Å². The van der Waals surface area contributed by atoms with Crippen LogP contribution in [0.2, 0.25) is 0 Å². The van der Waals surface area contributed by atoms with Gasteiger partial charge in [0.05, 0.1) is 12.8 Å². The van der Waals surface area contributed by atoms with E-state index in [0.29, 0.717) is 18.7 Å². The maximum atomic E-state index is 13.5. The minimum absolute atomic E-state index is 0.204. The lowest BCUT2D eigenvalue weighted by Crippen LogP contribution is -2.38. The first-order valence-electron chi connectivity index (χ1n) is 7.22. The molecule has 7 heteroatoms. The summed E-state index contributed by atoms with van der Waals surface area (Å²) in [6, 6.07) is 5.22. The standard InChI is InChI=1S/C15H21FN2O3S/c1-11-3-4-12(8-14(11)16)7-13-5-6-18(10-13)15(19)9-17-22(2,20)21/h3-4,8,13,17H,5-7,9-10H2,1-2H3. The van der Waals surface area contributed by atoms with Crippen LogP contribution in [0.3, 0.4) is 0 Å². The van der Waals surface area contributed by atoms with Crippen molar-refractivity contribution in [2.75, 3.05) is 25.9 Å². The minimum Gasteiger partial charge on any atom is -0.341 e. The van der Waals surface area contributed by atoms with Gasteiger partial charge in [-0.05, 0) is 42.9 Å². The Bertz CT molecular complexity index is 661. The van der Waals surface area contributed by atoms with E-state index in [1.165, 1.54) is 0 Å². The Labute approximate surface area is 130 Å². The fraction of sp³-hybridized carbons (Fsp3) is 0.533. The molecule has 1 aliphatic heterocycles. The van der Waals surface area contributed by atoms with Gasteiger partial charge in [-0.1, -0.05) is 12.1 Å². The topological polar surface area (TPSA) is 66.5 Å². The average molecular weight is 328 g/mol. The van der Waals surface area contributed by atoms with Crippen LogP contribution in [0, 0.1) is 18.7 Å². The quantitative estimate of drug-likeness (QED) is 0.879. The molecule has 1 aliphatic rings. The van der Waals surface area contributed by atoms with Crippen LogP contribution in [0.1, 0.15) is 17.5 Å². The van der Waals surface area contributed by atoms with Crippen LogP contribution in [-0.4, -0.2) is 45.1 Å². The van der Waals surface area contributed by atoms with Crippen molar-refractivity contribution in [3.63, 3.8) is 0 Å². The number of nitrogens with zero attached hydrogens (tertiary/aromatic N) is 1. The van der Waals surface area contributed by atoms with Gasteiger partial charge in [-0.2, -0.15) is 0 Å². The lowest BCUT2D eigenvalue weighted by Gasteiger charge is -2.16. The number of likely N-dealkylation sites (tertiary alicyclic amines) is 1. The van der Waals surface area contributed by atoms with E-state index in [4.69, 9.17) is 0 Å². The number of amides is 1. The Morgan fingerprint density at radius 2 is 2.18 bits per heavy atom. The fourth-order valence-corrected chi connectivity index (χ4v) is 3.01. The summed E-state index contributed by atoms with van der Waals surface area (Å²) >= 11 is 0. The summed E-state index contributed by atoms with van der Waals surface area (Å²) in [4.78, 5) is 13.6. The van der Waals surface area contributed by atoms with Crippen LogP contribution in [0.5, 0.6) is 0 Å². The first-order valence-corrected chi connectivity index (χ1v) is 9.11. The highest BCUT2D eigenvalue weighted by Gasteiger charge is 2.26. The van der Waals surface area contributed by atoms with Gasteiger partial charge in [0.15, 0.2) is 0 Å². The molecule has 0 aliphatic carbocycles. The van der Waals surface area contributed by atoms with Gasteiger partial charge in [0.25, 0.3) is 0 Å². The van der Waals surface area contributed by atoms with Gasteiger partial charge < -0.3 is 4.90 Å². The van der Waals surface area contributed by atoms with Gasteiger partial charge in [0, 0.05) is 13.1 Å². The number of nitrogens with one attached hydrogen (secondary N) is 1. The molecule has 22 heavy (non-hydrogen) atoms. The molecule has 0 bridgehead atoms. The largest absolute Gasteiger partial charge is 0.341 e. The van der Waals surface area contributed by atoms with Crippen molar-refractivity contribution in [1.82, 2.24) is 9.62 Å². The van der Waals surface area contributed by atoms with Crippen molar-refractivity contribution >= 4 is 15.9 Å². The molecule has 1 fully saturated rings. The number of aryl methyl sites for hydroxylation is 1. The first kappa shape index (κ1) is 16.9. The highest BCUT2D eigenvalue weighted by Crippen LogP contribution is 2.22. The van der Waals surface area contributed by atoms with Gasteiger partial charge in [0.2, 0.25) is 15.9 Å². The van der Waals surface area contributed by atoms with Crippen LogP contribution in [-0.2, 0) is 21.2 Å². The highest BCUT2D eigenvalue weighted by molar-refractivity contribution is 7.88. The molecule has 1 aromatic rings. The number of carbonyl (C=O) groups is 1. The predicted molar refractivity (Wildman–Crippen MR) is 82.4 cm³/mol. The molecular weight excluding hydrogens is 307 g/mol. The van der Waals surface area contributed by atoms with E-state index in [1.54, 1.807) is 24.0 Å². The molecule has 0 radical (unpaired) electrons. The minimum atomic E-state index is -3.36. The number of carbonyl (C=O) groups excluding carboxylic acids is 1. The van der Waals surface area contributed by atoms with Crippen LogP contribution in [0.4, 0.5) is 4.39 Å². The number of sulfonamides is 1. The molecule has 1 atom stereocenters. The second kappa shape index (κ2) is 6.75. The second-order valence-electron chi connectivity index (χ2n) is 5.88. The summed E-state index contributed by atoms with van der Waals surface area (Å²) in [7, 11) is -3.36. The third-order valence-corrected chi connectivity index (χ3v) is 4.55. The Hall–Kier alpha value is -1.47. The van der Waals surface area contributed by atoms with E-state index in [2.05, 4.69) is 4.72 Å². The molecule has 1 saturated heterocycles. The highest BCUT2D eigenvalue weighted by atomic mass is 32.2. The predicted octanol–water partition coefficient (Wildman–Crippen LogP) is 1.07. The molecule has 0 spiro atoms. The van der Waals surface area contributed by atoms with Gasteiger partial charge in [0.1, 0.15) is 5.82 Å². The Balaban J connectivity index is 1.87. The lowest BCUT2D eigenvalue weighted by atomic mass is 9.98. The maximum absolute atomic E-state index is 13.5. The molecule has 1 heterocycles. The number of hydrogen-bond acceptors (Lipinski definition) is 3. The van der Waals surface area contributed by atoms with Gasteiger partial charge >= 0.3 is 0 Å². The van der Waals surface area contributed by atoms with Crippen molar-refractivity contribution in [2.45, 2.75) is 19.8 Å². The normalized spacial score (nSPS) is 18.7. The van der Waals surface area contributed by atoms with Crippen LogP contribution in [0.25, 0.3) is 0 Å². The van der Waals surface area contributed by atoms with Crippen LogP contribution in [0.15, 0.2) is 18.2 Å². The van der Waals surface area contributed by atoms with E-state index in [9.17, 15) is 17.6 Å². The smallest absolute Gasteiger partial charge is 0.237 e. The van der Waals surface area contributed by atoms with Crippen molar-refractivity contribution in [1.29, 1.82) is 0 Å². The first-order chi connectivity index (χ1) is 10.2. The van der Waals surface area contributed by atoms with E-state index < -0.39 is 10.0 Å². The molecule has 122 valence electrons. The van der Waals surface area contributed by atoms with Crippen molar-refractivity contribution in [3.05, 3.63) is 35.1 Å². The molecule has 2 rings (SSSR count). The Morgan fingerprint density at radius 1 is 1.45 bits per heavy atom. The summed E-state index contributed by atoms with van der Waals surface area (Å²) in [5.41, 5.74) is 1.55. The monoisotopic (exact) mass is 328 g/mol. The number of benzene rings is 1. The van der Waals surface area contributed by atoms with Crippen LogP contribution < -0.4 is 4.72 Å². The summed E-state index contributed by atoms with van der Waals surface area (Å²) in [6.07, 6.45) is 2.60. The van der Waals surface area contributed by atoms with Crippen molar-refractivity contribution < 1.29 is 17.6 Å². The molecule has 5 nitrogen and oxygen atoms in total. The number of hydrogen-bond donors (Lipinski definition) is 1. The van der Waals surface area contributed by atoms with E-state index in [1.807, 2.05) is 6.07 Å². The third kappa shape index (κ3) is 4.78. The van der Waals surface area contributed by atoms with Crippen LogP contribution >= 0.6 is 0 Å². The number of rotatable bonds is 5. The third-order valence-electron chi connectivity index (χ3n) is 3.88. The van der Waals surface area contributed by atoms with Gasteiger partial charge in [-0.3, -0.25) is 4.79 Å². The van der Waals surface area contributed by atoms with E-state index in [0.717, 1.165) is 24.7 Å². The molecule has 0 aromatic heterocycles. The van der Waals surface area contributed by atoms with Crippen molar-refractivity contribution in [3.8, 4) is 0 Å². The summed E-state index contributed by atoms with van der Waals surface area (Å²) in [5.74, 6) is -0.145. The maximum Gasteiger partial charge on any atom is 0.237 e. The summed E-state index contributed by atoms with van der Waals surface area (Å²) < 4.78 is 37.7. The molecule has 1 aromatic carbocycles. The zero-order valence-corrected chi connectivity index (χ0v) is 13.6. The summed E-state index contributed by atoms with van der Waals surface area (Å²) in [6.45, 7) is 2.72. The summed E-state index contributed by atoms with van der Waals surface area (Å²) in [5, 5.41) is 0. The average Bonchev–Trinajstić information content (AvgIpc) is 2.88. The molecule has 1 N–H and O–H groups in total. The molecular formula is C15H21FN2O3S. The Morgan fingerprint density at radius 3 is 2.82 bits per heavy atom. The van der Waals surface area contributed by atoms with E-state index in [-0.39, 0.29) is 24.2 Å². The molecule has 1 unspecified atom stereocenters. The lowest BCUT2D eigenvalue weighted by molar-refractivity contribution is -0.129. The Kier molecular flexibility index (Phi) is 5.18. The van der Waals surface area contributed by atoms with Crippen molar-refractivity contribution in [2.24, 2.45) is 5.92 Å². The van der Waals surface area contributed by atoms with E-state index >= 15 is 0 Å². The number of halogens is 1. The zero-order chi connectivity index (χ0) is 16.3. The molecule has 1 amide bonds. The SMILES string of the molecule is Cc1ccc(CC2CCN(C(=O)CNS(C)(=O)=O)C2)cc1F. The molecule has 0 saturated carbocycles. The van der Waals surface area contributed by atoms with Gasteiger partial charge in [-0.15, -0.1) is 0 Å². The second-order valence-corrected chi connectivity index (χ2v) is 7.71.